The zero-order valence-electron chi connectivity index (χ0n) is 18.0. The fourth-order valence-corrected chi connectivity index (χ4v) is 4.21. The zero-order valence-corrected chi connectivity index (χ0v) is 18.8. The molecule has 3 heterocycles. The van der Waals surface area contributed by atoms with E-state index >= 15 is 0 Å². The van der Waals surface area contributed by atoms with Gasteiger partial charge in [0.05, 0.1) is 11.4 Å². The number of fused-ring (bicyclic) bond motifs is 1. The summed E-state index contributed by atoms with van der Waals surface area (Å²) in [7, 11) is 0. The number of likely N-dealkylation sites (tertiary alicyclic amines) is 1. The van der Waals surface area contributed by atoms with E-state index in [9.17, 15) is 9.59 Å². The Bertz CT molecular complexity index is 1160. The lowest BCUT2D eigenvalue weighted by atomic mass is 9.97. The van der Waals surface area contributed by atoms with Crippen molar-refractivity contribution in [1.29, 1.82) is 0 Å². The predicted molar refractivity (Wildman–Crippen MR) is 121 cm³/mol. The number of nitrogens with one attached hydrogen (secondary N) is 1. The Morgan fingerprint density at radius 1 is 1.19 bits per heavy atom. The summed E-state index contributed by atoms with van der Waals surface area (Å²) >= 11 is 6.12. The summed E-state index contributed by atoms with van der Waals surface area (Å²) in [6.45, 7) is 8.27. The summed E-state index contributed by atoms with van der Waals surface area (Å²) in [6.07, 6.45) is 2.23. The molecule has 0 unspecified atom stereocenters. The second-order valence-electron chi connectivity index (χ2n) is 8.47. The normalized spacial score (nSPS) is 16.5. The molecule has 0 spiro atoms. The largest absolute Gasteiger partial charge is 0.465 e. The number of rotatable bonds is 5. The van der Waals surface area contributed by atoms with Crippen LogP contribution in [0.2, 0.25) is 5.02 Å². The summed E-state index contributed by atoms with van der Waals surface area (Å²) in [6, 6.07) is 8.31. The van der Waals surface area contributed by atoms with E-state index in [1.54, 1.807) is 12.1 Å². The molecular weight excluding hydrogens is 416 g/mol. The molecule has 1 saturated heterocycles. The molecule has 1 N–H and O–H groups in total. The first-order chi connectivity index (χ1) is 14.8. The average Bonchev–Trinajstić information content (AvgIpc) is 3.16. The van der Waals surface area contributed by atoms with Crippen LogP contribution in [0.5, 0.6) is 0 Å². The Morgan fingerprint density at radius 2 is 1.94 bits per heavy atom. The van der Waals surface area contributed by atoms with E-state index in [-0.39, 0.29) is 17.2 Å². The number of halogens is 1. The highest BCUT2D eigenvalue weighted by atomic mass is 35.5. The van der Waals surface area contributed by atoms with Gasteiger partial charge in [0.2, 0.25) is 0 Å². The van der Waals surface area contributed by atoms with Gasteiger partial charge in [-0.25, -0.2) is 0 Å². The molecule has 1 aliphatic rings. The van der Waals surface area contributed by atoms with Crippen LogP contribution in [0, 0.1) is 19.8 Å². The van der Waals surface area contributed by atoms with Crippen molar-refractivity contribution >= 4 is 28.5 Å². The first-order valence-electron chi connectivity index (χ1n) is 10.6. The molecule has 1 aliphatic heterocycles. The molecule has 1 amide bonds. The number of hydrogen-bond acceptors (Lipinski definition) is 5. The molecule has 7 heteroatoms. The van der Waals surface area contributed by atoms with Crippen LogP contribution in [0.15, 0.2) is 44.0 Å². The maximum absolute atomic E-state index is 12.8. The first kappa shape index (κ1) is 21.7. The highest BCUT2D eigenvalue weighted by Gasteiger charge is 2.27. The van der Waals surface area contributed by atoms with Crippen LogP contribution in [0.25, 0.3) is 11.0 Å². The summed E-state index contributed by atoms with van der Waals surface area (Å²) in [5, 5.41) is 3.78. The Hall–Kier alpha value is -2.57. The lowest BCUT2D eigenvalue weighted by Crippen LogP contribution is -2.41. The molecule has 1 atom stereocenters. The van der Waals surface area contributed by atoms with Gasteiger partial charge in [-0.15, -0.1) is 0 Å². The van der Waals surface area contributed by atoms with E-state index in [4.69, 9.17) is 20.4 Å². The number of aryl methyl sites for hydroxylation is 2. The maximum atomic E-state index is 12.8. The number of piperidine rings is 1. The third kappa shape index (κ3) is 4.70. The quantitative estimate of drug-likeness (QED) is 0.610. The van der Waals surface area contributed by atoms with Crippen LogP contribution in [0.1, 0.15) is 53.4 Å². The van der Waals surface area contributed by atoms with Gasteiger partial charge in [0, 0.05) is 17.6 Å². The van der Waals surface area contributed by atoms with E-state index in [0.717, 1.165) is 43.0 Å². The van der Waals surface area contributed by atoms with Crippen molar-refractivity contribution in [2.45, 2.75) is 39.7 Å². The van der Waals surface area contributed by atoms with Crippen molar-refractivity contribution in [3.63, 3.8) is 0 Å². The van der Waals surface area contributed by atoms with Crippen molar-refractivity contribution < 1.29 is 13.6 Å². The molecule has 0 bridgehead atoms. The van der Waals surface area contributed by atoms with E-state index in [0.29, 0.717) is 28.5 Å². The molecule has 2 aromatic heterocycles. The average molecular weight is 443 g/mol. The fraction of sp³-hybridized carbons (Fsp3) is 0.417. The zero-order chi connectivity index (χ0) is 22.1. The van der Waals surface area contributed by atoms with Gasteiger partial charge in [-0.1, -0.05) is 18.5 Å². The minimum absolute atomic E-state index is 0.0131. The third-order valence-corrected chi connectivity index (χ3v) is 6.44. The number of amides is 1. The highest BCUT2D eigenvalue weighted by Crippen LogP contribution is 2.28. The molecule has 0 saturated carbocycles. The Labute approximate surface area is 186 Å². The molecule has 3 aromatic rings. The molecule has 6 nitrogen and oxygen atoms in total. The number of furan rings is 1. The smallest absolute Gasteiger partial charge is 0.287 e. The van der Waals surface area contributed by atoms with Crippen LogP contribution in [-0.4, -0.2) is 30.4 Å². The molecule has 31 heavy (non-hydrogen) atoms. The van der Waals surface area contributed by atoms with Gasteiger partial charge in [0.15, 0.2) is 11.2 Å². The van der Waals surface area contributed by atoms with Crippen LogP contribution >= 0.6 is 11.6 Å². The number of benzene rings is 1. The second kappa shape index (κ2) is 8.89. The lowest BCUT2D eigenvalue weighted by molar-refractivity contribution is 0.0870. The molecule has 1 fully saturated rings. The van der Waals surface area contributed by atoms with E-state index in [2.05, 4.69) is 17.1 Å². The minimum Gasteiger partial charge on any atom is -0.465 e. The van der Waals surface area contributed by atoms with Crippen LogP contribution in [0.3, 0.4) is 0 Å². The monoisotopic (exact) mass is 442 g/mol. The number of carbonyl (C=O) groups excluding carboxylic acids is 1. The molecule has 1 aromatic carbocycles. The van der Waals surface area contributed by atoms with Gasteiger partial charge >= 0.3 is 0 Å². The SMILES string of the molecule is Cc1ccc([C@H](CNC(=O)c2cc(=O)c3cc(Cl)c(C)cc3o2)N2CCC(C)CC2)o1. The van der Waals surface area contributed by atoms with Gasteiger partial charge in [-0.05, 0) is 75.5 Å². The summed E-state index contributed by atoms with van der Waals surface area (Å²) in [4.78, 5) is 27.7. The molecular formula is C24H27ClN2O4. The summed E-state index contributed by atoms with van der Waals surface area (Å²) in [5.74, 6) is 1.93. The lowest BCUT2D eigenvalue weighted by Gasteiger charge is -2.35. The molecule has 4 rings (SSSR count). The van der Waals surface area contributed by atoms with Crippen molar-refractivity contribution in [3.05, 3.63) is 68.4 Å². The van der Waals surface area contributed by atoms with Gasteiger partial charge in [-0.3, -0.25) is 14.5 Å². The van der Waals surface area contributed by atoms with Gasteiger partial charge in [-0.2, -0.15) is 0 Å². The highest BCUT2D eigenvalue weighted by molar-refractivity contribution is 6.32. The van der Waals surface area contributed by atoms with Crippen molar-refractivity contribution in [1.82, 2.24) is 10.2 Å². The number of hydrogen-bond donors (Lipinski definition) is 1. The number of nitrogens with zero attached hydrogens (tertiary/aromatic N) is 1. The third-order valence-electron chi connectivity index (χ3n) is 6.04. The summed E-state index contributed by atoms with van der Waals surface area (Å²) in [5.41, 5.74) is 0.835. The molecule has 0 radical (unpaired) electrons. The van der Waals surface area contributed by atoms with Gasteiger partial charge in [0.1, 0.15) is 17.1 Å². The Balaban J connectivity index is 1.55. The van der Waals surface area contributed by atoms with E-state index in [1.807, 2.05) is 26.0 Å². The van der Waals surface area contributed by atoms with Crippen molar-refractivity contribution in [2.75, 3.05) is 19.6 Å². The fourth-order valence-electron chi connectivity index (χ4n) is 4.05. The minimum atomic E-state index is -0.426. The number of carbonyl (C=O) groups is 1. The van der Waals surface area contributed by atoms with Crippen molar-refractivity contribution in [3.8, 4) is 0 Å². The molecule has 164 valence electrons. The van der Waals surface area contributed by atoms with Gasteiger partial charge in [0.25, 0.3) is 5.91 Å². The van der Waals surface area contributed by atoms with E-state index < -0.39 is 5.91 Å². The van der Waals surface area contributed by atoms with Crippen LogP contribution in [0.4, 0.5) is 0 Å². The standard InChI is InChI=1S/C24H27ClN2O4/c1-14-6-8-27(9-7-14)19(21-5-4-16(3)30-21)13-26-24(29)23-12-20(28)17-11-18(25)15(2)10-22(17)31-23/h4-5,10-12,14,19H,6-9,13H2,1-3H3,(H,26,29)/t19-/m0/s1. The second-order valence-corrected chi connectivity index (χ2v) is 8.87. The topological polar surface area (TPSA) is 75.7 Å². The predicted octanol–water partition coefficient (Wildman–Crippen LogP) is 4.86. The van der Waals surface area contributed by atoms with Crippen molar-refractivity contribution in [2.24, 2.45) is 5.92 Å². The Kier molecular flexibility index (Phi) is 6.21. The molecule has 0 aliphatic carbocycles. The maximum Gasteiger partial charge on any atom is 0.287 e. The van der Waals surface area contributed by atoms with E-state index in [1.165, 1.54) is 6.07 Å². The first-order valence-corrected chi connectivity index (χ1v) is 11.0. The summed E-state index contributed by atoms with van der Waals surface area (Å²) < 4.78 is 11.6. The van der Waals surface area contributed by atoms with Crippen LogP contribution < -0.4 is 10.7 Å². The van der Waals surface area contributed by atoms with Crippen LogP contribution in [-0.2, 0) is 0 Å². The Morgan fingerprint density at radius 3 is 2.61 bits per heavy atom. The van der Waals surface area contributed by atoms with Gasteiger partial charge < -0.3 is 14.2 Å².